The minimum atomic E-state index is -1.07. The van der Waals surface area contributed by atoms with E-state index in [2.05, 4.69) is 15.2 Å². The van der Waals surface area contributed by atoms with Gasteiger partial charge in [0.05, 0.1) is 23.4 Å². The van der Waals surface area contributed by atoms with Gasteiger partial charge in [-0.15, -0.1) is 11.3 Å². The summed E-state index contributed by atoms with van der Waals surface area (Å²) < 4.78 is 6.65. The number of thiophene rings is 1. The third-order valence-electron chi connectivity index (χ3n) is 4.72. The first kappa shape index (κ1) is 15.4. The number of aliphatic hydroxyl groups is 1. The number of nitrogens with one attached hydrogen (secondary N) is 2. The van der Waals surface area contributed by atoms with Crippen molar-refractivity contribution >= 4 is 21.4 Å². The fraction of sp³-hybridized carbons (Fsp3) is 0.412. The molecule has 1 aliphatic heterocycles. The normalized spacial score (nSPS) is 16.6. The molecule has 3 N–H and O–H groups in total. The molecule has 0 saturated heterocycles. The summed E-state index contributed by atoms with van der Waals surface area (Å²) in [6.07, 6.45) is 5.67. The number of hydrogen-bond donors (Lipinski definition) is 3. The summed E-state index contributed by atoms with van der Waals surface area (Å²) in [5.41, 5.74) is 1.27. The zero-order chi connectivity index (χ0) is 16.9. The van der Waals surface area contributed by atoms with E-state index in [1.165, 1.54) is 11.3 Å². The van der Waals surface area contributed by atoms with E-state index in [0.29, 0.717) is 23.4 Å². The fourth-order valence-corrected chi connectivity index (χ4v) is 4.38. The minimum absolute atomic E-state index is 0.177. The third kappa shape index (κ3) is 2.19. The maximum absolute atomic E-state index is 12.7. The van der Waals surface area contributed by atoms with E-state index in [-0.39, 0.29) is 5.56 Å². The van der Waals surface area contributed by atoms with Crippen LogP contribution in [0.1, 0.15) is 37.9 Å². The van der Waals surface area contributed by atoms with Gasteiger partial charge in [-0.25, -0.2) is 0 Å². The van der Waals surface area contributed by atoms with Gasteiger partial charge >= 0.3 is 0 Å². The Bertz CT molecular complexity index is 954. The Hall–Kier alpha value is -2.12. The lowest BCUT2D eigenvalue weighted by Gasteiger charge is -2.24. The second-order valence-electron chi connectivity index (χ2n) is 6.34. The Morgan fingerprint density at radius 1 is 1.50 bits per heavy atom. The van der Waals surface area contributed by atoms with Crippen molar-refractivity contribution in [3.63, 3.8) is 0 Å². The summed E-state index contributed by atoms with van der Waals surface area (Å²) in [6.45, 7) is 4.25. The Morgan fingerprint density at radius 3 is 3.04 bits per heavy atom. The molecule has 1 atom stereocenters. The van der Waals surface area contributed by atoms with Gasteiger partial charge < -0.3 is 14.8 Å². The van der Waals surface area contributed by atoms with E-state index >= 15 is 0 Å². The highest BCUT2D eigenvalue weighted by Gasteiger charge is 2.31. The van der Waals surface area contributed by atoms with Gasteiger partial charge in [-0.3, -0.25) is 9.89 Å². The minimum Gasteiger partial charge on any atom is -0.491 e. The van der Waals surface area contributed by atoms with Crippen LogP contribution in [0.4, 0.5) is 0 Å². The average Bonchev–Trinajstić information content (AvgIpc) is 3.16. The van der Waals surface area contributed by atoms with Gasteiger partial charge in [0.25, 0.3) is 5.56 Å². The predicted molar refractivity (Wildman–Crippen MR) is 93.7 cm³/mol. The van der Waals surface area contributed by atoms with Crippen molar-refractivity contribution in [3.8, 4) is 16.2 Å². The number of aryl methyl sites for hydroxylation is 1. The number of pyridine rings is 1. The molecule has 1 aliphatic rings. The van der Waals surface area contributed by atoms with Crippen molar-refractivity contribution in [2.75, 3.05) is 6.61 Å². The van der Waals surface area contributed by atoms with Gasteiger partial charge in [0.15, 0.2) is 0 Å². The van der Waals surface area contributed by atoms with Crippen LogP contribution in [0, 0.1) is 0 Å². The second kappa shape index (κ2) is 5.46. The van der Waals surface area contributed by atoms with E-state index in [1.807, 2.05) is 6.92 Å². The molecule has 0 radical (unpaired) electrons. The van der Waals surface area contributed by atoms with Crippen molar-refractivity contribution < 1.29 is 9.84 Å². The van der Waals surface area contributed by atoms with Crippen LogP contribution in [-0.4, -0.2) is 26.9 Å². The van der Waals surface area contributed by atoms with Gasteiger partial charge in [0.2, 0.25) is 0 Å². The molecule has 0 bridgehead atoms. The molecule has 24 heavy (non-hydrogen) atoms. The van der Waals surface area contributed by atoms with Gasteiger partial charge in [-0.05, 0) is 31.7 Å². The number of nitrogens with zero attached hydrogens (tertiary/aromatic N) is 1. The Kier molecular flexibility index (Phi) is 3.51. The largest absolute Gasteiger partial charge is 0.491 e. The number of rotatable bonds is 3. The first-order valence-corrected chi connectivity index (χ1v) is 8.91. The lowest BCUT2D eigenvalue weighted by Crippen LogP contribution is -2.27. The van der Waals surface area contributed by atoms with E-state index in [9.17, 15) is 9.90 Å². The molecule has 0 aliphatic carbocycles. The quantitative estimate of drug-likeness (QED) is 0.681. The zero-order valence-electron chi connectivity index (χ0n) is 13.6. The van der Waals surface area contributed by atoms with Crippen LogP contribution in [0.25, 0.3) is 20.5 Å². The van der Waals surface area contributed by atoms with Crippen LogP contribution >= 0.6 is 11.3 Å². The topological polar surface area (TPSA) is 91.0 Å². The standard InChI is InChI=1S/C17H19N3O3S/c1-3-17(2,22)15-10-5-4-6-23-12-11(10)14(16(21)20-15)24-13(12)9-7-18-19-8-9/h7-8,22H,3-6H2,1-2H3,(H,18,19)(H,20,21)/t17-/m0/s1. The van der Waals surface area contributed by atoms with Crippen molar-refractivity contribution in [2.45, 2.75) is 38.7 Å². The van der Waals surface area contributed by atoms with Gasteiger partial charge in [-0.2, -0.15) is 5.10 Å². The molecule has 0 fully saturated rings. The molecule has 0 unspecified atom stereocenters. The highest BCUT2D eigenvalue weighted by molar-refractivity contribution is 7.22. The van der Waals surface area contributed by atoms with Crippen LogP contribution in [0.2, 0.25) is 0 Å². The molecule has 7 heteroatoms. The molecule has 0 spiro atoms. The fourth-order valence-electron chi connectivity index (χ4n) is 3.23. The maximum atomic E-state index is 12.7. The molecule has 4 rings (SSSR count). The van der Waals surface area contributed by atoms with Crippen molar-refractivity contribution in [3.05, 3.63) is 34.0 Å². The van der Waals surface area contributed by atoms with E-state index in [4.69, 9.17) is 4.74 Å². The maximum Gasteiger partial charge on any atom is 0.266 e. The number of H-pyrrole nitrogens is 2. The molecule has 0 saturated carbocycles. The van der Waals surface area contributed by atoms with Crippen molar-refractivity contribution in [1.82, 2.24) is 15.2 Å². The Balaban J connectivity index is 2.11. The lowest BCUT2D eigenvalue weighted by molar-refractivity contribution is 0.0475. The smallest absolute Gasteiger partial charge is 0.266 e. The SMILES string of the molecule is CC[C@](C)(O)c1[nH]c(=O)c2sc(-c3cn[nH]c3)c3c2c1CCCO3. The molecule has 0 amide bonds. The van der Waals surface area contributed by atoms with Crippen LogP contribution in [0.3, 0.4) is 0 Å². The summed E-state index contributed by atoms with van der Waals surface area (Å²) in [5.74, 6) is 0.739. The van der Waals surface area contributed by atoms with Crippen LogP contribution in [0.5, 0.6) is 5.75 Å². The summed E-state index contributed by atoms with van der Waals surface area (Å²) >= 11 is 1.41. The number of ether oxygens (including phenoxy) is 1. The van der Waals surface area contributed by atoms with Crippen LogP contribution in [-0.2, 0) is 12.0 Å². The highest BCUT2D eigenvalue weighted by Crippen LogP contribution is 2.47. The zero-order valence-corrected chi connectivity index (χ0v) is 14.4. The molecule has 4 heterocycles. The highest BCUT2D eigenvalue weighted by atomic mass is 32.1. The molecular weight excluding hydrogens is 326 g/mol. The van der Waals surface area contributed by atoms with E-state index < -0.39 is 5.60 Å². The Morgan fingerprint density at radius 2 is 2.33 bits per heavy atom. The molecule has 3 aromatic rings. The summed E-state index contributed by atoms with van der Waals surface area (Å²) in [7, 11) is 0. The molecule has 6 nitrogen and oxygen atoms in total. The molecule has 0 aromatic carbocycles. The predicted octanol–water partition coefficient (Wildman–Crippen LogP) is 2.92. The van der Waals surface area contributed by atoms with Gasteiger partial charge in [-0.1, -0.05) is 6.92 Å². The van der Waals surface area contributed by atoms with E-state index in [0.717, 1.165) is 40.0 Å². The number of aromatic nitrogens is 3. The van der Waals surface area contributed by atoms with Crippen LogP contribution < -0.4 is 10.3 Å². The Labute approximate surface area is 142 Å². The summed E-state index contributed by atoms with van der Waals surface area (Å²) in [6, 6.07) is 0. The summed E-state index contributed by atoms with van der Waals surface area (Å²) in [5, 5.41) is 18.4. The van der Waals surface area contributed by atoms with Crippen molar-refractivity contribution in [1.29, 1.82) is 0 Å². The number of hydrogen-bond acceptors (Lipinski definition) is 5. The van der Waals surface area contributed by atoms with E-state index in [1.54, 1.807) is 19.3 Å². The molecule has 3 aromatic heterocycles. The average molecular weight is 345 g/mol. The van der Waals surface area contributed by atoms with Gasteiger partial charge in [0, 0.05) is 17.1 Å². The third-order valence-corrected chi connectivity index (χ3v) is 5.94. The number of aromatic amines is 2. The van der Waals surface area contributed by atoms with Crippen molar-refractivity contribution in [2.24, 2.45) is 0 Å². The van der Waals surface area contributed by atoms with Crippen LogP contribution in [0.15, 0.2) is 17.2 Å². The van der Waals surface area contributed by atoms with Gasteiger partial charge in [0.1, 0.15) is 16.1 Å². The lowest BCUT2D eigenvalue weighted by atomic mass is 9.91. The second-order valence-corrected chi connectivity index (χ2v) is 7.36. The molecular formula is C17H19N3O3S. The molecule has 126 valence electrons. The monoisotopic (exact) mass is 345 g/mol. The first-order chi connectivity index (χ1) is 11.5. The summed E-state index contributed by atoms with van der Waals surface area (Å²) in [4.78, 5) is 16.5. The first-order valence-electron chi connectivity index (χ1n) is 8.09.